The average molecular weight is 349 g/mol. The number of likely N-dealkylation sites (tertiary alicyclic amines) is 1. The first-order valence-electron chi connectivity index (χ1n) is 9.59. The molecule has 2 aliphatic heterocycles. The number of hydrogen-bond donors (Lipinski definition) is 0. The predicted octanol–water partition coefficient (Wildman–Crippen LogP) is 2.64. The first-order chi connectivity index (χ1) is 12.0. The first kappa shape index (κ1) is 18.4. The molecule has 2 aliphatic rings. The molecule has 140 valence electrons. The van der Waals surface area contributed by atoms with Gasteiger partial charge in [-0.25, -0.2) is 0 Å². The summed E-state index contributed by atoms with van der Waals surface area (Å²) in [7, 11) is 0. The minimum Gasteiger partial charge on any atom is -0.376 e. The van der Waals surface area contributed by atoms with E-state index in [4.69, 9.17) is 9.47 Å². The molecule has 25 heavy (non-hydrogen) atoms. The van der Waals surface area contributed by atoms with Crippen molar-refractivity contribution in [2.45, 2.75) is 71.1 Å². The predicted molar refractivity (Wildman–Crippen MR) is 95.6 cm³/mol. The summed E-state index contributed by atoms with van der Waals surface area (Å²) in [6.45, 7) is 8.80. The molecule has 6 nitrogen and oxygen atoms in total. The monoisotopic (exact) mass is 349 g/mol. The van der Waals surface area contributed by atoms with Gasteiger partial charge in [-0.3, -0.25) is 9.48 Å². The maximum Gasteiger partial charge on any atom is 0.251 e. The maximum atomic E-state index is 12.8. The lowest BCUT2D eigenvalue weighted by atomic mass is 10.0. The van der Waals surface area contributed by atoms with E-state index in [0.717, 1.165) is 50.2 Å². The van der Waals surface area contributed by atoms with Crippen LogP contribution in [-0.2, 0) is 14.3 Å². The zero-order valence-electron chi connectivity index (χ0n) is 15.7. The van der Waals surface area contributed by atoms with Crippen LogP contribution in [0.5, 0.6) is 0 Å². The van der Waals surface area contributed by atoms with E-state index in [-0.39, 0.29) is 18.1 Å². The Kier molecular flexibility index (Phi) is 6.12. The zero-order chi connectivity index (χ0) is 17.8. The van der Waals surface area contributed by atoms with Crippen molar-refractivity contribution in [2.75, 3.05) is 26.3 Å². The van der Waals surface area contributed by atoms with E-state index in [1.807, 2.05) is 18.7 Å². The summed E-state index contributed by atoms with van der Waals surface area (Å²) in [5.74, 6) is 0.0852. The van der Waals surface area contributed by atoms with Crippen LogP contribution in [0.1, 0.15) is 56.5 Å². The molecule has 0 aromatic carbocycles. The van der Waals surface area contributed by atoms with E-state index in [1.165, 1.54) is 6.42 Å². The van der Waals surface area contributed by atoms with Crippen LogP contribution in [0.2, 0.25) is 0 Å². The molecule has 6 heteroatoms. The van der Waals surface area contributed by atoms with Gasteiger partial charge in [0.1, 0.15) is 6.10 Å². The Bertz CT molecular complexity index is 580. The molecule has 3 rings (SSSR count). The minimum absolute atomic E-state index is 0.0852. The van der Waals surface area contributed by atoms with Gasteiger partial charge in [0.15, 0.2) is 0 Å². The Morgan fingerprint density at radius 2 is 2.20 bits per heavy atom. The molecule has 0 N–H and O–H groups in total. The third kappa shape index (κ3) is 4.61. The molecule has 0 radical (unpaired) electrons. The normalized spacial score (nSPS) is 25.8. The molecule has 2 fully saturated rings. The van der Waals surface area contributed by atoms with E-state index >= 15 is 0 Å². The Labute approximate surface area is 150 Å². The molecule has 3 unspecified atom stereocenters. The van der Waals surface area contributed by atoms with Gasteiger partial charge in [0.2, 0.25) is 0 Å². The van der Waals surface area contributed by atoms with Crippen molar-refractivity contribution < 1.29 is 14.3 Å². The van der Waals surface area contributed by atoms with E-state index in [0.29, 0.717) is 13.2 Å². The summed E-state index contributed by atoms with van der Waals surface area (Å²) in [6, 6.07) is 2.36. The molecule has 2 saturated heterocycles. The van der Waals surface area contributed by atoms with Crippen LogP contribution in [0.25, 0.3) is 0 Å². The number of amides is 1. The van der Waals surface area contributed by atoms with Gasteiger partial charge >= 0.3 is 0 Å². The van der Waals surface area contributed by atoms with Crippen molar-refractivity contribution in [3.8, 4) is 0 Å². The largest absolute Gasteiger partial charge is 0.376 e. The van der Waals surface area contributed by atoms with Gasteiger partial charge in [0, 0.05) is 25.4 Å². The molecule has 1 aromatic rings. The maximum absolute atomic E-state index is 12.8. The lowest BCUT2D eigenvalue weighted by molar-refractivity contribution is -0.147. The van der Waals surface area contributed by atoms with Gasteiger partial charge in [-0.2, -0.15) is 5.10 Å². The second-order valence-electron chi connectivity index (χ2n) is 7.42. The van der Waals surface area contributed by atoms with E-state index < -0.39 is 6.10 Å². The van der Waals surface area contributed by atoms with Crippen LogP contribution < -0.4 is 0 Å². The first-order valence-corrected chi connectivity index (χ1v) is 9.59. The van der Waals surface area contributed by atoms with Gasteiger partial charge in [-0.15, -0.1) is 0 Å². The highest BCUT2D eigenvalue weighted by Gasteiger charge is 2.29. The smallest absolute Gasteiger partial charge is 0.251 e. The van der Waals surface area contributed by atoms with Crippen molar-refractivity contribution in [3.05, 3.63) is 17.5 Å². The minimum atomic E-state index is -0.412. The molecule has 3 heterocycles. The van der Waals surface area contributed by atoms with E-state index in [1.54, 1.807) is 0 Å². The summed E-state index contributed by atoms with van der Waals surface area (Å²) in [5, 5.41) is 4.60. The topological polar surface area (TPSA) is 56.6 Å². The lowest BCUT2D eigenvalue weighted by Gasteiger charge is -2.35. The molecular formula is C19H31N3O3. The number of carbonyl (C=O) groups excluding carboxylic acids is 1. The highest BCUT2D eigenvalue weighted by molar-refractivity contribution is 5.80. The third-order valence-electron chi connectivity index (χ3n) is 5.25. The zero-order valence-corrected chi connectivity index (χ0v) is 15.7. The summed E-state index contributed by atoms with van der Waals surface area (Å²) >= 11 is 0. The van der Waals surface area contributed by atoms with Gasteiger partial charge in [0.05, 0.1) is 24.4 Å². The highest BCUT2D eigenvalue weighted by atomic mass is 16.5. The number of hydrogen-bond acceptors (Lipinski definition) is 4. The molecule has 0 bridgehead atoms. The fraction of sp³-hybridized carbons (Fsp3) is 0.789. The second kappa shape index (κ2) is 8.32. The molecule has 3 atom stereocenters. The number of piperidine rings is 1. The van der Waals surface area contributed by atoms with Crippen LogP contribution in [0, 0.1) is 13.8 Å². The molecule has 1 aromatic heterocycles. The summed E-state index contributed by atoms with van der Waals surface area (Å²) in [5.41, 5.74) is 2.20. The van der Waals surface area contributed by atoms with Crippen LogP contribution in [0.3, 0.4) is 0 Å². The van der Waals surface area contributed by atoms with Crippen molar-refractivity contribution in [3.63, 3.8) is 0 Å². The Balaban J connectivity index is 1.53. The van der Waals surface area contributed by atoms with Crippen molar-refractivity contribution >= 4 is 5.91 Å². The van der Waals surface area contributed by atoms with Crippen molar-refractivity contribution in [1.29, 1.82) is 0 Å². The molecule has 1 amide bonds. The number of ether oxygens (including phenoxy) is 2. The number of nitrogens with zero attached hydrogens (tertiary/aromatic N) is 3. The molecular weight excluding hydrogens is 318 g/mol. The quantitative estimate of drug-likeness (QED) is 0.820. The van der Waals surface area contributed by atoms with E-state index in [2.05, 4.69) is 22.8 Å². The van der Waals surface area contributed by atoms with Crippen LogP contribution in [0.4, 0.5) is 0 Å². The van der Waals surface area contributed by atoms with Crippen LogP contribution in [0.15, 0.2) is 6.07 Å². The molecule has 0 spiro atoms. The fourth-order valence-corrected chi connectivity index (χ4v) is 3.89. The lowest BCUT2D eigenvalue weighted by Crippen LogP contribution is -2.46. The highest BCUT2D eigenvalue weighted by Crippen LogP contribution is 2.24. The molecule has 0 saturated carbocycles. The Hall–Kier alpha value is -1.40. The molecule has 0 aliphatic carbocycles. The average Bonchev–Trinajstić information content (AvgIpc) is 2.98. The Morgan fingerprint density at radius 3 is 2.88 bits per heavy atom. The van der Waals surface area contributed by atoms with E-state index in [9.17, 15) is 4.79 Å². The van der Waals surface area contributed by atoms with Crippen molar-refractivity contribution in [1.82, 2.24) is 14.7 Å². The number of aromatic nitrogens is 2. The third-order valence-corrected chi connectivity index (χ3v) is 5.25. The number of carbonyl (C=O) groups is 1. The van der Waals surface area contributed by atoms with Gasteiger partial charge in [-0.05, 0) is 58.9 Å². The van der Waals surface area contributed by atoms with Gasteiger partial charge < -0.3 is 14.4 Å². The van der Waals surface area contributed by atoms with Crippen molar-refractivity contribution in [2.24, 2.45) is 0 Å². The summed E-state index contributed by atoms with van der Waals surface area (Å²) < 4.78 is 13.6. The van der Waals surface area contributed by atoms with Crippen LogP contribution >= 0.6 is 0 Å². The van der Waals surface area contributed by atoms with Gasteiger partial charge in [-0.1, -0.05) is 0 Å². The standard InChI is InChI=1S/C19H31N3O3/c1-14-11-15(2)22(20-14)17-7-6-9-21(12-17)19(23)16(3)25-13-18-8-4-5-10-24-18/h11,16-18H,4-10,12-13H2,1-3H3. The van der Waals surface area contributed by atoms with Crippen LogP contribution in [-0.4, -0.2) is 59.1 Å². The van der Waals surface area contributed by atoms with Gasteiger partial charge in [0.25, 0.3) is 5.91 Å². The Morgan fingerprint density at radius 1 is 1.36 bits per heavy atom. The number of rotatable bonds is 5. The fourth-order valence-electron chi connectivity index (χ4n) is 3.89. The summed E-state index contributed by atoms with van der Waals surface area (Å²) in [4.78, 5) is 14.7. The number of aryl methyl sites for hydroxylation is 2. The SMILES string of the molecule is Cc1cc(C)n(C2CCCN(C(=O)C(C)OCC3CCCCO3)C2)n1. The summed E-state index contributed by atoms with van der Waals surface area (Å²) in [6.07, 6.45) is 5.16. The second-order valence-corrected chi connectivity index (χ2v) is 7.42.